The summed E-state index contributed by atoms with van der Waals surface area (Å²) in [6.07, 6.45) is 5.97. The minimum absolute atomic E-state index is 0. The Hall–Kier alpha value is -3.65. The molecule has 49 heavy (non-hydrogen) atoms. The van der Waals surface area contributed by atoms with Crippen LogP contribution in [0.1, 0.15) is 91.5 Å². The van der Waals surface area contributed by atoms with Crippen LogP contribution < -0.4 is 0 Å². The average Bonchev–Trinajstić information content (AvgIpc) is 3.03. The molecule has 0 aliphatic heterocycles. The van der Waals surface area contributed by atoms with Crippen LogP contribution in [-0.4, -0.2) is 9.97 Å². The normalized spacial score (nSPS) is 11.8. The molecule has 0 aliphatic carbocycles. The third-order valence-corrected chi connectivity index (χ3v) is 8.75. The Morgan fingerprint density at radius 2 is 1.29 bits per heavy atom. The van der Waals surface area contributed by atoms with Gasteiger partial charge in [-0.05, 0) is 86.1 Å². The molecule has 1 radical (unpaired) electrons. The van der Waals surface area contributed by atoms with E-state index in [1.165, 1.54) is 43.8 Å². The zero-order valence-corrected chi connectivity index (χ0v) is 33.4. The van der Waals surface area contributed by atoms with Crippen LogP contribution in [0.3, 0.4) is 0 Å². The smallest absolute Gasteiger partial charge is 0.0167 e. The molecular formula is C46H52IrN2-2. The molecule has 0 bridgehead atoms. The second-order valence-electron chi connectivity index (χ2n) is 16.1. The molecule has 0 aliphatic rings. The van der Waals surface area contributed by atoms with Gasteiger partial charge in [0.05, 0.1) is 0 Å². The first-order valence-electron chi connectivity index (χ1n) is 17.5. The van der Waals surface area contributed by atoms with E-state index in [-0.39, 0.29) is 30.9 Å². The van der Waals surface area contributed by atoms with Gasteiger partial charge in [-0.3, -0.25) is 0 Å². The van der Waals surface area contributed by atoms with Crippen LogP contribution >= 0.6 is 0 Å². The zero-order chi connectivity index (χ0) is 34.6. The summed E-state index contributed by atoms with van der Waals surface area (Å²) in [4.78, 5) is 9.31. The van der Waals surface area contributed by atoms with Gasteiger partial charge in [-0.2, -0.15) is 0 Å². The van der Waals surface area contributed by atoms with Gasteiger partial charge in [0.2, 0.25) is 0 Å². The third kappa shape index (κ3) is 9.74. The van der Waals surface area contributed by atoms with Crippen molar-refractivity contribution in [2.75, 3.05) is 0 Å². The second-order valence-corrected chi connectivity index (χ2v) is 16.1. The summed E-state index contributed by atoms with van der Waals surface area (Å²) < 4.78 is 0. The molecule has 0 spiro atoms. The van der Waals surface area contributed by atoms with Gasteiger partial charge in [-0.1, -0.05) is 112 Å². The van der Waals surface area contributed by atoms with Crippen molar-refractivity contribution in [1.29, 1.82) is 0 Å². The number of aromatic nitrogens is 2. The maximum Gasteiger partial charge on any atom is 0.0167 e. The molecule has 4 aromatic carbocycles. The Bertz CT molecular complexity index is 1920. The number of nitrogens with zero attached hydrogens (tertiary/aromatic N) is 2. The van der Waals surface area contributed by atoms with E-state index in [0.717, 1.165) is 35.4 Å². The molecule has 0 saturated carbocycles. The Kier molecular flexibility index (Phi) is 12.4. The first-order chi connectivity index (χ1) is 22.7. The van der Waals surface area contributed by atoms with Crippen molar-refractivity contribution in [1.82, 2.24) is 9.97 Å². The fraction of sp³-hybridized carbons (Fsp3) is 0.348. The van der Waals surface area contributed by atoms with Crippen molar-refractivity contribution in [2.24, 2.45) is 11.8 Å². The van der Waals surface area contributed by atoms with E-state index >= 15 is 0 Å². The molecule has 6 rings (SSSR count). The van der Waals surface area contributed by atoms with Gasteiger partial charge in [0, 0.05) is 32.5 Å². The molecular weight excluding hydrogens is 773 g/mol. The number of benzene rings is 4. The van der Waals surface area contributed by atoms with Crippen molar-refractivity contribution in [3.05, 3.63) is 132 Å². The summed E-state index contributed by atoms with van der Waals surface area (Å²) in [7, 11) is 0. The molecule has 6 aromatic rings. The van der Waals surface area contributed by atoms with Gasteiger partial charge in [-0.25, -0.2) is 0 Å². The van der Waals surface area contributed by atoms with E-state index in [2.05, 4.69) is 165 Å². The van der Waals surface area contributed by atoms with Crippen molar-refractivity contribution >= 4 is 21.5 Å². The Morgan fingerprint density at radius 3 is 1.98 bits per heavy atom. The molecule has 0 atom stereocenters. The van der Waals surface area contributed by atoms with Crippen LogP contribution in [0.4, 0.5) is 0 Å². The van der Waals surface area contributed by atoms with Gasteiger partial charge in [0.25, 0.3) is 0 Å². The molecule has 0 N–H and O–H groups in total. The van der Waals surface area contributed by atoms with E-state index in [9.17, 15) is 0 Å². The van der Waals surface area contributed by atoms with Crippen molar-refractivity contribution in [3.8, 4) is 22.5 Å². The van der Waals surface area contributed by atoms with Gasteiger partial charge < -0.3 is 9.97 Å². The van der Waals surface area contributed by atoms with Crippen molar-refractivity contribution in [2.45, 2.75) is 92.9 Å². The molecule has 2 nitrogen and oxygen atoms in total. The topological polar surface area (TPSA) is 25.8 Å². The van der Waals surface area contributed by atoms with Crippen LogP contribution in [0.25, 0.3) is 44.1 Å². The summed E-state index contributed by atoms with van der Waals surface area (Å²) >= 11 is 0. The van der Waals surface area contributed by atoms with Crippen LogP contribution in [0.2, 0.25) is 0 Å². The van der Waals surface area contributed by atoms with Crippen LogP contribution in [-0.2, 0) is 43.8 Å². The Labute approximate surface area is 309 Å². The molecule has 0 amide bonds. The van der Waals surface area contributed by atoms with Crippen molar-refractivity contribution in [3.63, 3.8) is 0 Å². The fourth-order valence-electron chi connectivity index (χ4n) is 6.24. The predicted octanol–water partition coefficient (Wildman–Crippen LogP) is 12.4. The molecule has 2 heterocycles. The number of pyridine rings is 2. The first-order valence-corrected chi connectivity index (χ1v) is 17.5. The fourth-order valence-corrected chi connectivity index (χ4v) is 6.24. The summed E-state index contributed by atoms with van der Waals surface area (Å²) in [5.74, 6) is 1.24. The van der Waals surface area contributed by atoms with E-state index in [1.807, 2.05) is 18.5 Å². The summed E-state index contributed by atoms with van der Waals surface area (Å²) in [6, 6.07) is 37.4. The summed E-state index contributed by atoms with van der Waals surface area (Å²) in [6.45, 7) is 22.4. The van der Waals surface area contributed by atoms with E-state index in [1.54, 1.807) is 0 Å². The maximum absolute atomic E-state index is 4.79. The molecule has 3 heteroatoms. The SMILES string of the molecule is CC(C)(C)c1cc[c-]c(-c2cc(C(C)(C)C)ccn2)c1.CC(C)Cc1[c-]c(-c2nccc3c2ccc2ccccc23)cc(CC(C)C)c1.[Ir]. The number of rotatable bonds is 6. The van der Waals surface area contributed by atoms with Crippen molar-refractivity contribution < 1.29 is 20.1 Å². The number of fused-ring (bicyclic) bond motifs is 3. The molecule has 257 valence electrons. The largest absolute Gasteiger partial charge is 0.305 e. The first kappa shape index (κ1) is 38.2. The van der Waals surface area contributed by atoms with Gasteiger partial charge in [0.15, 0.2) is 0 Å². The standard InChI is InChI=1S/C27H28N.C19H24N.Ir/c1-18(2)13-20-15-21(14-19(3)4)17-23(16-20)27-26-10-9-22-7-5-6-8-24(22)25(26)11-12-28-27;1-18(2,3)15-9-7-8-14(12-15)17-13-16(10-11-20-17)19(4,5)6;/h5-12,15-16,18-19H,13-14H2,1-4H3;7,9-13H,1-6H3;/q2*-1;. The minimum Gasteiger partial charge on any atom is -0.305 e. The second kappa shape index (κ2) is 15.9. The number of hydrogen-bond donors (Lipinski definition) is 0. The number of hydrogen-bond acceptors (Lipinski definition) is 2. The van der Waals surface area contributed by atoms with Gasteiger partial charge >= 0.3 is 0 Å². The molecule has 0 fully saturated rings. The van der Waals surface area contributed by atoms with E-state index in [4.69, 9.17) is 4.98 Å². The van der Waals surface area contributed by atoms with Crippen LogP contribution in [0, 0.1) is 24.0 Å². The summed E-state index contributed by atoms with van der Waals surface area (Å²) in [5.41, 5.74) is 9.82. The predicted molar refractivity (Wildman–Crippen MR) is 207 cm³/mol. The Balaban J connectivity index is 0.000000229. The van der Waals surface area contributed by atoms with Crippen LogP contribution in [0.15, 0.2) is 97.3 Å². The van der Waals surface area contributed by atoms with E-state index in [0.29, 0.717) is 11.8 Å². The van der Waals surface area contributed by atoms with Crippen LogP contribution in [0.5, 0.6) is 0 Å². The average molecular weight is 825 g/mol. The zero-order valence-electron chi connectivity index (χ0n) is 31.0. The van der Waals surface area contributed by atoms with Gasteiger partial charge in [0.1, 0.15) is 0 Å². The van der Waals surface area contributed by atoms with Gasteiger partial charge in [-0.15, -0.1) is 70.3 Å². The monoisotopic (exact) mass is 825 g/mol. The maximum atomic E-state index is 4.79. The molecule has 0 saturated heterocycles. The van der Waals surface area contributed by atoms with E-state index < -0.39 is 0 Å². The summed E-state index contributed by atoms with van der Waals surface area (Å²) in [5, 5.41) is 5.01. The third-order valence-electron chi connectivity index (χ3n) is 8.75. The molecule has 2 aromatic heterocycles. The quantitative estimate of drug-likeness (QED) is 0.123. The Morgan fingerprint density at radius 1 is 0.612 bits per heavy atom. The molecule has 0 unspecified atom stereocenters. The minimum atomic E-state index is 0.